The number of hydrogen-bond acceptors (Lipinski definition) is 2. The van der Waals surface area contributed by atoms with Crippen molar-refractivity contribution in [3.63, 3.8) is 0 Å². The Balaban J connectivity index is 0.000000136. The summed E-state index contributed by atoms with van der Waals surface area (Å²) in [6, 6.07) is 26.9. The van der Waals surface area contributed by atoms with E-state index in [0.717, 1.165) is 24.2 Å². The zero-order valence-corrected chi connectivity index (χ0v) is 14.0. The molecule has 0 spiro atoms. The van der Waals surface area contributed by atoms with Gasteiger partial charge in [0.15, 0.2) is 0 Å². The Hall–Kier alpha value is -3.07. The highest BCUT2D eigenvalue weighted by Crippen LogP contribution is 2.27. The van der Waals surface area contributed by atoms with E-state index in [1.807, 2.05) is 24.3 Å². The lowest BCUT2D eigenvalue weighted by Gasteiger charge is -2.17. The first-order valence-electron chi connectivity index (χ1n) is 8.54. The van der Waals surface area contributed by atoms with Crippen molar-refractivity contribution >= 4 is 11.6 Å². The van der Waals surface area contributed by atoms with Crippen LogP contribution in [0.5, 0.6) is 0 Å². The van der Waals surface area contributed by atoms with E-state index in [4.69, 9.17) is 0 Å². The lowest BCUT2D eigenvalue weighted by molar-refractivity contribution is 0.0966. The molecule has 0 fully saturated rings. The predicted octanol–water partition coefficient (Wildman–Crippen LogP) is 4.14. The molecule has 2 heterocycles. The van der Waals surface area contributed by atoms with Crippen LogP contribution in [0.1, 0.15) is 27.0 Å². The maximum Gasteiger partial charge on any atom is 0.251 e. The van der Waals surface area contributed by atoms with Gasteiger partial charge in [-0.05, 0) is 34.9 Å². The minimum absolute atomic E-state index is 0.0515. The van der Waals surface area contributed by atoms with Crippen molar-refractivity contribution in [1.82, 2.24) is 5.32 Å². The lowest BCUT2D eigenvalue weighted by atomic mass is 10.1. The molecule has 2 aliphatic heterocycles. The molecule has 3 heteroatoms. The quantitative estimate of drug-likeness (QED) is 0.728. The Morgan fingerprint density at radius 2 is 1.24 bits per heavy atom. The topological polar surface area (TPSA) is 32.3 Å². The number of carbonyl (C=O) groups excluding carboxylic acids is 1. The molecule has 0 unspecified atom stereocenters. The molecule has 2 aliphatic rings. The zero-order chi connectivity index (χ0) is 17.1. The second-order valence-electron chi connectivity index (χ2n) is 6.30. The van der Waals surface area contributed by atoms with Gasteiger partial charge in [0.2, 0.25) is 0 Å². The van der Waals surface area contributed by atoms with E-state index < -0.39 is 0 Å². The molecule has 25 heavy (non-hydrogen) atoms. The van der Waals surface area contributed by atoms with E-state index in [2.05, 4.69) is 64.8 Å². The van der Waals surface area contributed by atoms with Gasteiger partial charge in [0.1, 0.15) is 0 Å². The molecule has 0 atom stereocenters. The number of nitrogens with zero attached hydrogens (tertiary/aromatic N) is 1. The summed E-state index contributed by atoms with van der Waals surface area (Å²) in [5.41, 5.74) is 6.16. The Kier molecular flexibility index (Phi) is 4.21. The maximum absolute atomic E-state index is 11.0. The number of amides is 1. The fourth-order valence-corrected chi connectivity index (χ4v) is 3.32. The van der Waals surface area contributed by atoms with Crippen molar-refractivity contribution in [2.24, 2.45) is 0 Å². The van der Waals surface area contributed by atoms with Crippen LogP contribution in [0.4, 0.5) is 5.69 Å². The lowest BCUT2D eigenvalue weighted by Crippen LogP contribution is -2.13. The molecule has 3 aromatic carbocycles. The number of carbonyl (C=O) groups is 1. The maximum atomic E-state index is 11.0. The van der Waals surface area contributed by atoms with Crippen molar-refractivity contribution in [2.75, 3.05) is 4.90 Å². The Morgan fingerprint density at radius 1 is 0.680 bits per heavy atom. The molecule has 3 aromatic rings. The monoisotopic (exact) mass is 328 g/mol. The van der Waals surface area contributed by atoms with E-state index in [9.17, 15) is 4.79 Å². The van der Waals surface area contributed by atoms with Gasteiger partial charge < -0.3 is 10.2 Å². The number of hydrogen-bond donors (Lipinski definition) is 1. The van der Waals surface area contributed by atoms with E-state index in [-0.39, 0.29) is 5.91 Å². The first kappa shape index (κ1) is 15.5. The molecular formula is C22H20N2O. The summed E-state index contributed by atoms with van der Waals surface area (Å²) < 4.78 is 0. The van der Waals surface area contributed by atoms with Gasteiger partial charge in [0.25, 0.3) is 5.91 Å². The summed E-state index contributed by atoms with van der Waals surface area (Å²) in [5, 5.41) is 2.75. The number of para-hydroxylation sites is 1. The third-order valence-corrected chi connectivity index (χ3v) is 4.66. The minimum Gasteiger partial charge on any atom is -0.363 e. The van der Waals surface area contributed by atoms with E-state index in [1.54, 1.807) is 0 Å². The van der Waals surface area contributed by atoms with Gasteiger partial charge in [0, 0.05) is 30.9 Å². The predicted molar refractivity (Wildman–Crippen MR) is 100 cm³/mol. The van der Waals surface area contributed by atoms with Crippen molar-refractivity contribution < 1.29 is 4.79 Å². The van der Waals surface area contributed by atoms with E-state index in [1.165, 1.54) is 16.8 Å². The molecule has 3 nitrogen and oxygen atoms in total. The summed E-state index contributed by atoms with van der Waals surface area (Å²) in [6.07, 6.45) is 0. The highest BCUT2D eigenvalue weighted by atomic mass is 16.1. The highest BCUT2D eigenvalue weighted by molar-refractivity contribution is 5.98. The van der Waals surface area contributed by atoms with Gasteiger partial charge in [0.05, 0.1) is 0 Å². The summed E-state index contributed by atoms with van der Waals surface area (Å²) in [4.78, 5) is 13.4. The summed E-state index contributed by atoms with van der Waals surface area (Å²) in [6.45, 7) is 2.77. The highest BCUT2D eigenvalue weighted by Gasteiger charge is 2.18. The van der Waals surface area contributed by atoms with Crippen LogP contribution in [0.15, 0.2) is 78.9 Å². The summed E-state index contributed by atoms with van der Waals surface area (Å²) in [5.74, 6) is 0.0515. The van der Waals surface area contributed by atoms with Crippen molar-refractivity contribution in [3.8, 4) is 0 Å². The molecule has 0 bridgehead atoms. The van der Waals surface area contributed by atoms with Gasteiger partial charge >= 0.3 is 0 Å². The molecule has 0 radical (unpaired) electrons. The molecular weight excluding hydrogens is 308 g/mol. The second-order valence-corrected chi connectivity index (χ2v) is 6.30. The molecule has 1 amide bonds. The van der Waals surface area contributed by atoms with Crippen LogP contribution >= 0.6 is 0 Å². The fraction of sp³-hybridized carbons (Fsp3) is 0.136. The smallest absolute Gasteiger partial charge is 0.251 e. The van der Waals surface area contributed by atoms with Crippen LogP contribution in [0.25, 0.3) is 0 Å². The third kappa shape index (κ3) is 3.26. The van der Waals surface area contributed by atoms with Crippen LogP contribution in [-0.2, 0) is 19.6 Å². The molecule has 5 rings (SSSR count). The Morgan fingerprint density at radius 3 is 1.88 bits per heavy atom. The average molecular weight is 328 g/mol. The van der Waals surface area contributed by atoms with Crippen molar-refractivity contribution in [1.29, 1.82) is 0 Å². The van der Waals surface area contributed by atoms with Gasteiger partial charge in [-0.3, -0.25) is 4.79 Å². The zero-order valence-electron chi connectivity index (χ0n) is 14.0. The Bertz CT molecular complexity index is 864. The largest absolute Gasteiger partial charge is 0.363 e. The number of anilines is 1. The van der Waals surface area contributed by atoms with Crippen LogP contribution in [0.3, 0.4) is 0 Å². The first-order valence-corrected chi connectivity index (χ1v) is 8.54. The van der Waals surface area contributed by atoms with Gasteiger partial charge in [-0.25, -0.2) is 0 Å². The number of fused-ring (bicyclic) bond motifs is 2. The standard InChI is InChI=1S/C14H13N.C8H7NO/c1-2-8-14(9-3-1)15-10-12-6-4-5-7-13(12)11-15;10-8-7-4-2-1-3-6(7)5-9-8/h1-9H,10-11H2;1-4H,5H2,(H,9,10). The van der Waals surface area contributed by atoms with Crippen LogP contribution in [0, 0.1) is 0 Å². The van der Waals surface area contributed by atoms with Crippen LogP contribution in [-0.4, -0.2) is 5.91 Å². The van der Waals surface area contributed by atoms with E-state index >= 15 is 0 Å². The molecule has 124 valence electrons. The van der Waals surface area contributed by atoms with Crippen molar-refractivity contribution in [3.05, 3.63) is 101 Å². The molecule has 0 aromatic heterocycles. The minimum atomic E-state index is 0.0515. The average Bonchev–Trinajstić information content (AvgIpc) is 3.27. The molecule has 0 aliphatic carbocycles. The summed E-state index contributed by atoms with van der Waals surface area (Å²) >= 11 is 0. The van der Waals surface area contributed by atoms with Gasteiger partial charge in [-0.15, -0.1) is 0 Å². The molecule has 0 saturated carbocycles. The first-order chi connectivity index (χ1) is 12.3. The molecule has 0 saturated heterocycles. The van der Waals surface area contributed by atoms with E-state index in [0.29, 0.717) is 6.54 Å². The third-order valence-electron chi connectivity index (χ3n) is 4.66. The summed E-state index contributed by atoms with van der Waals surface area (Å²) in [7, 11) is 0. The normalized spacial score (nSPS) is 14.2. The Labute approximate surface area is 147 Å². The van der Waals surface area contributed by atoms with Crippen LogP contribution in [0.2, 0.25) is 0 Å². The number of benzene rings is 3. The number of rotatable bonds is 1. The second kappa shape index (κ2) is 6.81. The molecule has 1 N–H and O–H groups in total. The number of nitrogens with one attached hydrogen (secondary N) is 1. The van der Waals surface area contributed by atoms with Crippen LogP contribution < -0.4 is 10.2 Å². The fourth-order valence-electron chi connectivity index (χ4n) is 3.32. The SMILES string of the molecule is O=C1NCc2ccccc21.c1ccc(N2Cc3ccccc3C2)cc1. The van der Waals surface area contributed by atoms with Gasteiger partial charge in [-0.2, -0.15) is 0 Å². The van der Waals surface area contributed by atoms with Crippen molar-refractivity contribution in [2.45, 2.75) is 19.6 Å². The van der Waals surface area contributed by atoms with Gasteiger partial charge in [-0.1, -0.05) is 60.7 Å².